The van der Waals surface area contributed by atoms with Crippen molar-refractivity contribution in [3.05, 3.63) is 77.0 Å². The van der Waals surface area contributed by atoms with Crippen LogP contribution in [0.2, 0.25) is 51.4 Å². The van der Waals surface area contributed by atoms with Gasteiger partial charge in [0.1, 0.15) is 13.5 Å². The van der Waals surface area contributed by atoms with Gasteiger partial charge in [-0.1, -0.05) is 75.1 Å². The highest BCUT2D eigenvalue weighted by Crippen LogP contribution is 2.36. The van der Waals surface area contributed by atoms with Crippen molar-refractivity contribution in [1.82, 2.24) is 39.1 Å². The molecular weight excluding hydrogens is 963 g/mol. The summed E-state index contributed by atoms with van der Waals surface area (Å²) in [5.74, 6) is -0.890. The second-order valence-corrected chi connectivity index (χ2v) is 32.5. The van der Waals surface area contributed by atoms with Crippen LogP contribution in [0.3, 0.4) is 0 Å². The molecule has 0 saturated carbocycles. The number of aryl methyl sites for hydroxylation is 2. The first-order valence-electron chi connectivity index (χ1n) is 23.4. The van der Waals surface area contributed by atoms with Gasteiger partial charge in [-0.2, -0.15) is 20.4 Å². The van der Waals surface area contributed by atoms with E-state index in [2.05, 4.69) is 117 Å². The molecule has 0 amide bonds. The van der Waals surface area contributed by atoms with Crippen LogP contribution in [0, 0.1) is 0 Å². The molecule has 1 aliphatic heterocycles. The zero-order chi connectivity index (χ0) is 50.0. The summed E-state index contributed by atoms with van der Waals surface area (Å²) in [5, 5.41) is 19.0. The smallest absolute Gasteiger partial charge is 0.464 e. The van der Waals surface area contributed by atoms with Gasteiger partial charge in [-0.3, -0.25) is 9.36 Å². The lowest BCUT2D eigenvalue weighted by molar-refractivity contribution is 0.00578. The molecule has 7 rings (SSSR count). The summed E-state index contributed by atoms with van der Waals surface area (Å²) >= 11 is 3.42. The molecule has 4 aromatic heterocycles. The molecule has 0 N–H and O–H groups in total. The van der Waals surface area contributed by atoms with E-state index in [0.717, 1.165) is 80.9 Å². The molecular formula is C48H72BBrN8O8Si2. The van der Waals surface area contributed by atoms with Crippen molar-refractivity contribution in [1.29, 1.82) is 0 Å². The number of ether oxygens (including phenoxy) is 4. The number of esters is 2. The number of carbonyl (C=O) groups excluding carboxylic acids is 2. The van der Waals surface area contributed by atoms with Crippen molar-refractivity contribution in [2.75, 3.05) is 27.4 Å². The first kappa shape index (κ1) is 54.5. The van der Waals surface area contributed by atoms with Gasteiger partial charge in [-0.15, -0.1) is 0 Å². The topological polar surface area (TPSA) is 161 Å². The predicted octanol–water partition coefficient (Wildman–Crippen LogP) is 9.90. The van der Waals surface area contributed by atoms with Crippen LogP contribution in [0.25, 0.3) is 32.9 Å². The molecule has 1 saturated heterocycles. The van der Waals surface area contributed by atoms with E-state index < -0.39 is 28.1 Å². The molecule has 1 fully saturated rings. The fourth-order valence-electron chi connectivity index (χ4n) is 6.96. The number of hydrogen-bond donors (Lipinski definition) is 0. The lowest BCUT2D eigenvalue weighted by atomic mass is 9.82. The zero-order valence-corrected chi connectivity index (χ0v) is 46.2. The van der Waals surface area contributed by atoms with Gasteiger partial charge >= 0.3 is 19.1 Å². The zero-order valence-electron chi connectivity index (χ0n) is 42.6. The maximum absolute atomic E-state index is 12.3. The van der Waals surface area contributed by atoms with Gasteiger partial charge in [0, 0.05) is 87.3 Å². The SMILES string of the molecule is CCCn1cc(-c2ccc3c(c2)c(C(=O)OC)nn3COCC[Si](C)(C)C)cn1.CCCn1cc(B2OC(C)(C)C(C)(C)O2)cn1.COC(=O)c1nn(COCC[Si](C)(C)C)c2ccc(Br)cc12. The summed E-state index contributed by atoms with van der Waals surface area (Å²) in [6.07, 6.45) is 9.80. The Morgan fingerprint density at radius 2 is 1.15 bits per heavy atom. The fraction of sp³-hybridized carbons (Fsp3) is 0.542. The maximum atomic E-state index is 12.3. The van der Waals surface area contributed by atoms with E-state index in [0.29, 0.717) is 38.1 Å². The Labute approximate surface area is 412 Å². The average Bonchev–Trinajstić information content (AvgIpc) is 4.11. The normalized spacial score (nSPS) is 14.4. The fourth-order valence-corrected chi connectivity index (χ4v) is 8.83. The first-order chi connectivity index (χ1) is 32.0. The molecule has 16 nitrogen and oxygen atoms in total. The quantitative estimate of drug-likeness (QED) is 0.0456. The number of halogens is 1. The van der Waals surface area contributed by atoms with E-state index in [1.165, 1.54) is 14.2 Å². The molecule has 68 heavy (non-hydrogen) atoms. The van der Waals surface area contributed by atoms with Crippen molar-refractivity contribution >= 4 is 78.4 Å². The largest absolute Gasteiger partial charge is 0.498 e. The first-order valence-corrected chi connectivity index (χ1v) is 31.6. The molecule has 20 heteroatoms. The van der Waals surface area contributed by atoms with Crippen molar-refractivity contribution in [3.63, 3.8) is 0 Å². The third kappa shape index (κ3) is 14.6. The molecule has 0 atom stereocenters. The lowest BCUT2D eigenvalue weighted by Crippen LogP contribution is -2.41. The number of fused-ring (bicyclic) bond motifs is 2. The monoisotopic (exact) mass is 1030 g/mol. The molecule has 0 aliphatic carbocycles. The number of methoxy groups -OCH3 is 2. The van der Waals surface area contributed by atoms with Crippen LogP contribution in [0.4, 0.5) is 0 Å². The van der Waals surface area contributed by atoms with Crippen LogP contribution in [-0.2, 0) is 54.8 Å². The lowest BCUT2D eigenvalue weighted by Gasteiger charge is -2.32. The maximum Gasteiger partial charge on any atom is 0.498 e. The highest BCUT2D eigenvalue weighted by Gasteiger charge is 2.52. The molecule has 5 heterocycles. The number of hydrogen-bond acceptors (Lipinski definition) is 12. The Hall–Kier alpha value is -4.44. The molecule has 370 valence electrons. The summed E-state index contributed by atoms with van der Waals surface area (Å²) in [4.78, 5) is 24.2. The summed E-state index contributed by atoms with van der Waals surface area (Å²) < 4.78 is 41.4. The summed E-state index contributed by atoms with van der Waals surface area (Å²) in [7, 11) is 0.164. The minimum absolute atomic E-state index is 0.287. The second kappa shape index (κ2) is 23.4. The number of benzene rings is 2. The van der Waals surface area contributed by atoms with E-state index in [1.807, 2.05) is 70.5 Å². The molecule has 0 bridgehead atoms. The van der Waals surface area contributed by atoms with Crippen molar-refractivity contribution in [2.45, 2.75) is 144 Å². The Balaban J connectivity index is 0.000000198. The molecule has 1 aliphatic rings. The van der Waals surface area contributed by atoms with E-state index >= 15 is 0 Å². The van der Waals surface area contributed by atoms with Crippen LogP contribution in [-0.4, -0.2) is 113 Å². The van der Waals surface area contributed by atoms with Crippen LogP contribution >= 0.6 is 15.9 Å². The Morgan fingerprint density at radius 1 is 0.676 bits per heavy atom. The summed E-state index contributed by atoms with van der Waals surface area (Å²) in [6.45, 7) is 30.2. The van der Waals surface area contributed by atoms with Gasteiger partial charge in [0.25, 0.3) is 0 Å². The van der Waals surface area contributed by atoms with Crippen LogP contribution < -0.4 is 5.46 Å². The minimum atomic E-state index is -1.15. The van der Waals surface area contributed by atoms with Gasteiger partial charge in [0.15, 0.2) is 11.4 Å². The molecule has 0 unspecified atom stereocenters. The van der Waals surface area contributed by atoms with E-state index in [1.54, 1.807) is 9.36 Å². The average molecular weight is 1040 g/mol. The highest BCUT2D eigenvalue weighted by molar-refractivity contribution is 9.10. The Morgan fingerprint density at radius 3 is 1.63 bits per heavy atom. The molecule has 6 aromatic rings. The number of nitrogens with zero attached hydrogens (tertiary/aromatic N) is 8. The highest BCUT2D eigenvalue weighted by atomic mass is 79.9. The second-order valence-electron chi connectivity index (χ2n) is 20.4. The number of aromatic nitrogens is 8. The van der Waals surface area contributed by atoms with Gasteiger partial charge in [-0.25, -0.2) is 19.0 Å². The Bertz CT molecular complexity index is 2600. The standard InChI is InChI=1S/C21H30N4O3Si.C15H21BrN2O3Si.C12H21BN2O2/c1-6-9-24-14-17(13-22-24)16-7-8-19-18(12-16)20(21(26)27-2)23-25(19)15-28-10-11-29(3,4)5;1-20-15(19)14-12-9-11(16)5-6-13(12)18(17-14)10-21-7-8-22(2,3)4;1-6-7-15-9-10(8-14-15)13-16-11(2,3)12(4,5)17-13/h7-8,12-14H,6,9-11,15H2,1-5H3;5-6,9H,7-8,10H2,1-4H3;8-9H,6-7H2,1-5H3. The van der Waals surface area contributed by atoms with Gasteiger partial charge in [-0.05, 0) is 88.5 Å². The van der Waals surface area contributed by atoms with Gasteiger partial charge in [0.2, 0.25) is 0 Å². The predicted molar refractivity (Wildman–Crippen MR) is 278 cm³/mol. The third-order valence-electron chi connectivity index (χ3n) is 11.7. The summed E-state index contributed by atoms with van der Waals surface area (Å²) in [6, 6.07) is 13.9. The third-order valence-corrected chi connectivity index (χ3v) is 15.6. The molecule has 0 radical (unpaired) electrons. The van der Waals surface area contributed by atoms with Crippen LogP contribution in [0.5, 0.6) is 0 Å². The summed E-state index contributed by atoms with van der Waals surface area (Å²) in [5.41, 5.74) is 4.75. The van der Waals surface area contributed by atoms with E-state index in [4.69, 9.17) is 28.3 Å². The number of rotatable bonds is 18. The van der Waals surface area contributed by atoms with Gasteiger partial charge in [0.05, 0.1) is 42.7 Å². The van der Waals surface area contributed by atoms with Crippen molar-refractivity contribution < 1.29 is 37.8 Å². The minimum Gasteiger partial charge on any atom is -0.464 e. The molecule has 0 spiro atoms. The molecule has 2 aromatic carbocycles. The van der Waals surface area contributed by atoms with Gasteiger partial charge < -0.3 is 28.3 Å². The Kier molecular flexibility index (Phi) is 18.8. The van der Waals surface area contributed by atoms with Crippen molar-refractivity contribution in [2.24, 2.45) is 0 Å². The van der Waals surface area contributed by atoms with Crippen LogP contribution in [0.15, 0.2) is 65.7 Å². The number of carbonyl (C=O) groups is 2. The van der Waals surface area contributed by atoms with E-state index in [-0.39, 0.29) is 18.3 Å². The van der Waals surface area contributed by atoms with Crippen molar-refractivity contribution in [3.8, 4) is 11.1 Å². The van der Waals surface area contributed by atoms with Crippen LogP contribution in [0.1, 0.15) is 75.4 Å². The van der Waals surface area contributed by atoms with E-state index in [9.17, 15) is 9.59 Å².